The fourth-order valence-electron chi connectivity index (χ4n) is 1.83. The third-order valence-electron chi connectivity index (χ3n) is 3.71. The lowest BCUT2D eigenvalue weighted by molar-refractivity contribution is -0.123. The van der Waals surface area contributed by atoms with Crippen LogP contribution in [0.4, 0.5) is 0 Å². The molecular formula is C17H28N2O3. The van der Waals surface area contributed by atoms with Crippen molar-refractivity contribution >= 4 is 5.91 Å². The van der Waals surface area contributed by atoms with Crippen molar-refractivity contribution in [1.82, 2.24) is 5.32 Å². The predicted octanol–water partition coefficient (Wildman–Crippen LogP) is 2.49. The van der Waals surface area contributed by atoms with Crippen molar-refractivity contribution in [2.24, 2.45) is 5.73 Å². The molecule has 0 aliphatic rings. The van der Waals surface area contributed by atoms with Crippen LogP contribution in [-0.2, 0) is 4.79 Å². The summed E-state index contributed by atoms with van der Waals surface area (Å²) in [5.41, 5.74) is 5.80. The van der Waals surface area contributed by atoms with Crippen LogP contribution < -0.4 is 20.5 Å². The molecule has 1 rings (SSSR count). The molecule has 1 amide bonds. The molecule has 22 heavy (non-hydrogen) atoms. The van der Waals surface area contributed by atoms with Crippen LogP contribution in [0.5, 0.6) is 11.5 Å². The predicted molar refractivity (Wildman–Crippen MR) is 88.2 cm³/mol. The normalized spacial score (nSPS) is 11.1. The minimum Gasteiger partial charge on any atom is -0.494 e. The number of hydrogen-bond acceptors (Lipinski definition) is 4. The van der Waals surface area contributed by atoms with Crippen LogP contribution in [0.25, 0.3) is 0 Å². The maximum Gasteiger partial charge on any atom is 0.258 e. The SMILES string of the molecule is CCCOc1ccc(OCC(=O)NCC(N)(CC)CC)cc1. The number of amides is 1. The van der Waals surface area contributed by atoms with E-state index in [-0.39, 0.29) is 18.1 Å². The molecule has 3 N–H and O–H groups in total. The van der Waals surface area contributed by atoms with Crippen LogP contribution in [-0.4, -0.2) is 31.2 Å². The van der Waals surface area contributed by atoms with Crippen LogP contribution in [0.15, 0.2) is 24.3 Å². The standard InChI is InChI=1S/C17H28N2O3/c1-4-11-21-14-7-9-15(10-8-14)22-12-16(20)19-13-17(18,5-2)6-3/h7-10H,4-6,11-13,18H2,1-3H3,(H,19,20). The number of nitrogens with one attached hydrogen (secondary N) is 1. The summed E-state index contributed by atoms with van der Waals surface area (Å²) in [6.45, 7) is 7.24. The lowest BCUT2D eigenvalue weighted by Gasteiger charge is -2.26. The summed E-state index contributed by atoms with van der Waals surface area (Å²) >= 11 is 0. The van der Waals surface area contributed by atoms with Gasteiger partial charge in [0.15, 0.2) is 6.61 Å². The number of hydrogen-bond donors (Lipinski definition) is 2. The summed E-state index contributed by atoms with van der Waals surface area (Å²) in [7, 11) is 0. The zero-order valence-electron chi connectivity index (χ0n) is 13.9. The molecule has 0 bridgehead atoms. The Bertz CT molecular complexity index is 442. The van der Waals surface area contributed by atoms with Crippen LogP contribution in [0.3, 0.4) is 0 Å². The van der Waals surface area contributed by atoms with E-state index < -0.39 is 0 Å². The van der Waals surface area contributed by atoms with E-state index in [1.807, 2.05) is 26.0 Å². The fraction of sp³-hybridized carbons (Fsp3) is 0.588. The highest BCUT2D eigenvalue weighted by atomic mass is 16.5. The summed E-state index contributed by atoms with van der Waals surface area (Å²) in [5, 5.41) is 2.82. The molecule has 1 aromatic rings. The highest BCUT2D eigenvalue weighted by Crippen LogP contribution is 2.17. The Balaban J connectivity index is 2.34. The van der Waals surface area contributed by atoms with E-state index >= 15 is 0 Å². The van der Waals surface area contributed by atoms with E-state index in [1.54, 1.807) is 12.1 Å². The van der Waals surface area contributed by atoms with Crippen LogP contribution >= 0.6 is 0 Å². The van der Waals surface area contributed by atoms with Gasteiger partial charge in [-0.2, -0.15) is 0 Å². The molecule has 124 valence electrons. The molecule has 0 radical (unpaired) electrons. The van der Waals surface area contributed by atoms with E-state index in [0.29, 0.717) is 18.9 Å². The molecule has 0 aliphatic heterocycles. The second-order valence-electron chi connectivity index (χ2n) is 5.45. The largest absolute Gasteiger partial charge is 0.494 e. The van der Waals surface area contributed by atoms with E-state index in [4.69, 9.17) is 15.2 Å². The zero-order valence-corrected chi connectivity index (χ0v) is 13.9. The molecule has 0 atom stereocenters. The number of rotatable bonds is 10. The molecule has 5 heteroatoms. The summed E-state index contributed by atoms with van der Waals surface area (Å²) in [6, 6.07) is 7.26. The summed E-state index contributed by atoms with van der Waals surface area (Å²) in [6.07, 6.45) is 2.62. The first-order chi connectivity index (χ1) is 10.5. The Morgan fingerprint density at radius 3 is 2.14 bits per heavy atom. The zero-order chi connectivity index (χ0) is 16.4. The molecule has 0 aliphatic carbocycles. The van der Waals surface area contributed by atoms with Gasteiger partial charge in [0.25, 0.3) is 5.91 Å². The monoisotopic (exact) mass is 308 g/mol. The third kappa shape index (κ3) is 6.35. The first kappa shape index (κ1) is 18.3. The lowest BCUT2D eigenvalue weighted by Crippen LogP contribution is -2.50. The van der Waals surface area contributed by atoms with Gasteiger partial charge in [0.05, 0.1) is 6.61 Å². The molecule has 0 heterocycles. The highest BCUT2D eigenvalue weighted by molar-refractivity contribution is 5.77. The highest BCUT2D eigenvalue weighted by Gasteiger charge is 2.20. The Morgan fingerprint density at radius 1 is 1.09 bits per heavy atom. The van der Waals surface area contributed by atoms with Gasteiger partial charge in [-0.25, -0.2) is 0 Å². The summed E-state index contributed by atoms with van der Waals surface area (Å²) in [4.78, 5) is 11.8. The number of carbonyl (C=O) groups is 1. The van der Waals surface area contributed by atoms with Crippen molar-refractivity contribution < 1.29 is 14.3 Å². The number of benzene rings is 1. The smallest absolute Gasteiger partial charge is 0.258 e. The first-order valence-electron chi connectivity index (χ1n) is 7.94. The Kier molecular flexibility index (Phi) is 7.74. The molecule has 5 nitrogen and oxygen atoms in total. The maximum atomic E-state index is 11.8. The van der Waals surface area contributed by atoms with Gasteiger partial charge in [0, 0.05) is 12.1 Å². The third-order valence-corrected chi connectivity index (χ3v) is 3.71. The van der Waals surface area contributed by atoms with E-state index in [0.717, 1.165) is 25.0 Å². The van der Waals surface area contributed by atoms with E-state index in [1.165, 1.54) is 0 Å². The van der Waals surface area contributed by atoms with Crippen LogP contribution in [0.2, 0.25) is 0 Å². The fourth-order valence-corrected chi connectivity index (χ4v) is 1.83. The lowest BCUT2D eigenvalue weighted by atomic mass is 9.94. The molecule has 0 spiro atoms. The molecule has 0 unspecified atom stereocenters. The van der Waals surface area contributed by atoms with Gasteiger partial charge in [0.1, 0.15) is 11.5 Å². The molecule has 0 aromatic heterocycles. The van der Waals surface area contributed by atoms with E-state index in [2.05, 4.69) is 12.2 Å². The molecule has 0 fully saturated rings. The average molecular weight is 308 g/mol. The number of ether oxygens (including phenoxy) is 2. The second-order valence-corrected chi connectivity index (χ2v) is 5.45. The molecule has 0 saturated carbocycles. The molecular weight excluding hydrogens is 280 g/mol. The summed E-state index contributed by atoms with van der Waals surface area (Å²) in [5.74, 6) is 1.28. The number of nitrogens with two attached hydrogens (primary N) is 1. The van der Waals surface area contributed by atoms with Gasteiger partial charge in [-0.3, -0.25) is 4.79 Å². The van der Waals surface area contributed by atoms with Gasteiger partial charge in [-0.1, -0.05) is 20.8 Å². The van der Waals surface area contributed by atoms with Gasteiger partial charge >= 0.3 is 0 Å². The Hall–Kier alpha value is -1.75. The minimum atomic E-state index is -0.339. The van der Waals surface area contributed by atoms with Crippen molar-refractivity contribution in [1.29, 1.82) is 0 Å². The van der Waals surface area contributed by atoms with Crippen molar-refractivity contribution in [3.05, 3.63) is 24.3 Å². The second kappa shape index (κ2) is 9.30. The van der Waals surface area contributed by atoms with Gasteiger partial charge in [-0.15, -0.1) is 0 Å². The van der Waals surface area contributed by atoms with E-state index in [9.17, 15) is 4.79 Å². The van der Waals surface area contributed by atoms with Crippen molar-refractivity contribution in [3.8, 4) is 11.5 Å². The average Bonchev–Trinajstić information content (AvgIpc) is 2.56. The molecule has 1 aromatic carbocycles. The van der Waals surface area contributed by atoms with Gasteiger partial charge in [0.2, 0.25) is 0 Å². The number of carbonyl (C=O) groups excluding carboxylic acids is 1. The van der Waals surface area contributed by atoms with Gasteiger partial charge < -0.3 is 20.5 Å². The van der Waals surface area contributed by atoms with Crippen molar-refractivity contribution in [3.63, 3.8) is 0 Å². The van der Waals surface area contributed by atoms with Gasteiger partial charge in [-0.05, 0) is 43.5 Å². The maximum absolute atomic E-state index is 11.8. The summed E-state index contributed by atoms with van der Waals surface area (Å²) < 4.78 is 10.9. The van der Waals surface area contributed by atoms with Crippen molar-refractivity contribution in [2.75, 3.05) is 19.8 Å². The van der Waals surface area contributed by atoms with Crippen molar-refractivity contribution in [2.45, 2.75) is 45.6 Å². The van der Waals surface area contributed by atoms with Crippen LogP contribution in [0.1, 0.15) is 40.0 Å². The Morgan fingerprint density at radius 2 is 1.64 bits per heavy atom. The minimum absolute atomic E-state index is 0.0152. The molecule has 0 saturated heterocycles. The quantitative estimate of drug-likeness (QED) is 0.696. The van der Waals surface area contributed by atoms with Crippen LogP contribution in [0, 0.1) is 0 Å². The topological polar surface area (TPSA) is 73.6 Å². The Labute approximate surface area is 133 Å². The first-order valence-corrected chi connectivity index (χ1v) is 7.94.